The summed E-state index contributed by atoms with van der Waals surface area (Å²) in [6.45, 7) is 0. The van der Waals surface area contributed by atoms with Crippen molar-refractivity contribution in [3.05, 3.63) is 40.0 Å². The third-order valence-corrected chi connectivity index (χ3v) is 2.88. The van der Waals surface area contributed by atoms with Crippen molar-refractivity contribution < 1.29 is 18.3 Å². The van der Waals surface area contributed by atoms with Gasteiger partial charge in [0.1, 0.15) is 17.3 Å². The van der Waals surface area contributed by atoms with E-state index >= 15 is 0 Å². The van der Waals surface area contributed by atoms with Gasteiger partial charge in [-0.1, -0.05) is 0 Å². The average Bonchev–Trinajstić information content (AvgIpc) is 2.82. The molecule has 0 fully saturated rings. The second kappa shape index (κ2) is 4.85. The van der Waals surface area contributed by atoms with Gasteiger partial charge in [-0.25, -0.2) is 13.6 Å². The SMILES string of the molecule is COC(=O)c1cc(-c2cc(F)c(Br)cc2F)n[nH]1. The lowest BCUT2D eigenvalue weighted by Gasteiger charge is -2.01. The fraction of sp³-hybridized carbons (Fsp3) is 0.0909. The lowest BCUT2D eigenvalue weighted by atomic mass is 10.1. The molecule has 0 aliphatic heterocycles. The maximum Gasteiger partial charge on any atom is 0.356 e. The summed E-state index contributed by atoms with van der Waals surface area (Å²) in [5.74, 6) is -1.90. The van der Waals surface area contributed by atoms with Gasteiger partial charge < -0.3 is 4.74 Å². The molecule has 18 heavy (non-hydrogen) atoms. The van der Waals surface area contributed by atoms with Crippen molar-refractivity contribution in [2.24, 2.45) is 0 Å². The number of methoxy groups -OCH3 is 1. The van der Waals surface area contributed by atoms with Gasteiger partial charge >= 0.3 is 5.97 Å². The first kappa shape index (κ1) is 12.7. The Morgan fingerprint density at radius 2 is 2.06 bits per heavy atom. The quantitative estimate of drug-likeness (QED) is 0.684. The number of nitrogens with zero attached hydrogens (tertiary/aromatic N) is 1. The van der Waals surface area contributed by atoms with Crippen LogP contribution in [-0.4, -0.2) is 23.3 Å². The van der Waals surface area contributed by atoms with Crippen LogP contribution in [0.15, 0.2) is 22.7 Å². The molecule has 7 heteroatoms. The summed E-state index contributed by atoms with van der Waals surface area (Å²) in [5, 5.41) is 6.13. The van der Waals surface area contributed by atoms with E-state index < -0.39 is 17.6 Å². The highest BCUT2D eigenvalue weighted by atomic mass is 79.9. The Bertz CT molecular complexity index is 613. The Morgan fingerprint density at radius 1 is 1.33 bits per heavy atom. The fourth-order valence-electron chi connectivity index (χ4n) is 1.39. The third kappa shape index (κ3) is 2.26. The van der Waals surface area contributed by atoms with Crippen molar-refractivity contribution in [1.29, 1.82) is 0 Å². The molecule has 0 unspecified atom stereocenters. The maximum absolute atomic E-state index is 13.6. The van der Waals surface area contributed by atoms with Crippen molar-refractivity contribution in [2.75, 3.05) is 7.11 Å². The van der Waals surface area contributed by atoms with Gasteiger partial charge in [-0.2, -0.15) is 5.10 Å². The minimum absolute atomic E-state index is 0.0208. The number of carbonyl (C=O) groups is 1. The van der Waals surface area contributed by atoms with Crippen LogP contribution in [-0.2, 0) is 4.74 Å². The molecule has 0 saturated heterocycles. The summed E-state index contributed by atoms with van der Waals surface area (Å²) in [6.07, 6.45) is 0. The molecule has 0 bridgehead atoms. The van der Waals surface area contributed by atoms with Crippen LogP contribution in [0.25, 0.3) is 11.3 Å². The Kier molecular flexibility index (Phi) is 3.42. The van der Waals surface area contributed by atoms with Crippen LogP contribution in [0.4, 0.5) is 8.78 Å². The second-order valence-corrected chi connectivity index (χ2v) is 4.26. The number of benzene rings is 1. The number of halogens is 3. The van der Waals surface area contributed by atoms with Crippen LogP contribution < -0.4 is 0 Å². The first-order valence-electron chi connectivity index (χ1n) is 4.81. The molecule has 2 aromatic rings. The largest absolute Gasteiger partial charge is 0.464 e. The molecule has 0 amide bonds. The van der Waals surface area contributed by atoms with E-state index in [1.165, 1.54) is 13.2 Å². The number of ether oxygens (including phenoxy) is 1. The molecule has 0 aliphatic rings. The molecule has 0 radical (unpaired) electrons. The predicted octanol–water partition coefficient (Wildman–Crippen LogP) is 2.90. The molecule has 0 saturated carbocycles. The molecule has 4 nitrogen and oxygen atoms in total. The van der Waals surface area contributed by atoms with Gasteiger partial charge in [-0.3, -0.25) is 5.10 Å². The molecule has 1 aromatic heterocycles. The first-order valence-corrected chi connectivity index (χ1v) is 5.61. The van der Waals surface area contributed by atoms with Crippen LogP contribution in [0.3, 0.4) is 0 Å². The third-order valence-electron chi connectivity index (χ3n) is 2.27. The summed E-state index contributed by atoms with van der Waals surface area (Å²) in [6, 6.07) is 3.28. The lowest BCUT2D eigenvalue weighted by molar-refractivity contribution is 0.0594. The number of hydrogen-bond donors (Lipinski definition) is 1. The zero-order valence-electron chi connectivity index (χ0n) is 9.13. The van der Waals surface area contributed by atoms with Crippen molar-refractivity contribution in [2.45, 2.75) is 0 Å². The lowest BCUT2D eigenvalue weighted by Crippen LogP contribution is -2.00. The fourth-order valence-corrected chi connectivity index (χ4v) is 1.71. The topological polar surface area (TPSA) is 55.0 Å². The van der Waals surface area contributed by atoms with Gasteiger partial charge in [0.15, 0.2) is 0 Å². The Morgan fingerprint density at radius 3 is 2.72 bits per heavy atom. The van der Waals surface area contributed by atoms with Crippen LogP contribution in [0.1, 0.15) is 10.5 Å². The highest BCUT2D eigenvalue weighted by molar-refractivity contribution is 9.10. The highest BCUT2D eigenvalue weighted by Crippen LogP contribution is 2.27. The minimum Gasteiger partial charge on any atom is -0.464 e. The first-order chi connectivity index (χ1) is 8.52. The number of aromatic amines is 1. The number of aromatic nitrogens is 2. The zero-order valence-corrected chi connectivity index (χ0v) is 10.7. The van der Waals surface area contributed by atoms with Crippen LogP contribution in [0, 0.1) is 11.6 Å². The monoisotopic (exact) mass is 316 g/mol. The second-order valence-electron chi connectivity index (χ2n) is 3.40. The smallest absolute Gasteiger partial charge is 0.356 e. The van der Waals surface area contributed by atoms with Crippen LogP contribution >= 0.6 is 15.9 Å². The molecule has 1 heterocycles. The standard InChI is InChI=1S/C11H7BrF2N2O2/c1-18-11(17)10-4-9(15-16-10)5-2-8(14)6(12)3-7(5)13/h2-4H,1H3,(H,15,16). The van der Waals surface area contributed by atoms with Crippen LogP contribution in [0.2, 0.25) is 0 Å². The van der Waals surface area contributed by atoms with Gasteiger partial charge in [0.05, 0.1) is 17.3 Å². The molecular weight excluding hydrogens is 310 g/mol. The molecule has 2 rings (SSSR count). The van der Waals surface area contributed by atoms with E-state index in [2.05, 4.69) is 30.9 Å². The van der Waals surface area contributed by atoms with Crippen LogP contribution in [0.5, 0.6) is 0 Å². The van der Waals surface area contributed by atoms with Crippen molar-refractivity contribution >= 4 is 21.9 Å². The van der Waals surface area contributed by atoms with E-state index in [-0.39, 0.29) is 21.4 Å². The molecule has 0 aliphatic carbocycles. The molecule has 1 aromatic carbocycles. The summed E-state index contributed by atoms with van der Waals surface area (Å²) < 4.78 is 31.5. The number of esters is 1. The Balaban J connectivity index is 2.46. The van der Waals surface area contributed by atoms with Gasteiger partial charge in [-0.05, 0) is 34.1 Å². The van der Waals surface area contributed by atoms with Gasteiger partial charge in [0, 0.05) is 5.56 Å². The molecule has 94 valence electrons. The molecule has 1 N–H and O–H groups in total. The molecule has 0 spiro atoms. The maximum atomic E-state index is 13.6. The van der Waals surface area contributed by atoms with E-state index in [9.17, 15) is 13.6 Å². The zero-order chi connectivity index (χ0) is 13.3. The number of hydrogen-bond acceptors (Lipinski definition) is 3. The van der Waals surface area contributed by atoms with E-state index in [1.807, 2.05) is 0 Å². The number of carbonyl (C=O) groups excluding carboxylic acids is 1. The highest BCUT2D eigenvalue weighted by Gasteiger charge is 2.15. The summed E-state index contributed by atoms with van der Waals surface area (Å²) >= 11 is 2.88. The van der Waals surface area contributed by atoms with E-state index in [0.29, 0.717) is 0 Å². The number of nitrogens with one attached hydrogen (secondary N) is 1. The van der Waals surface area contributed by atoms with Gasteiger partial charge in [0.2, 0.25) is 0 Å². The number of H-pyrrole nitrogens is 1. The summed E-state index contributed by atoms with van der Waals surface area (Å²) in [4.78, 5) is 11.2. The van der Waals surface area contributed by atoms with Crippen molar-refractivity contribution in [1.82, 2.24) is 10.2 Å². The average molecular weight is 317 g/mol. The minimum atomic E-state index is -0.647. The molecular formula is C11H7BrF2N2O2. The Labute approximate surface area is 109 Å². The summed E-state index contributed by atoms with van der Waals surface area (Å²) in [7, 11) is 1.21. The van der Waals surface area contributed by atoms with E-state index in [4.69, 9.17) is 0 Å². The van der Waals surface area contributed by atoms with E-state index in [1.54, 1.807) is 0 Å². The number of rotatable bonds is 2. The van der Waals surface area contributed by atoms with Gasteiger partial charge in [-0.15, -0.1) is 0 Å². The molecule has 0 atom stereocenters. The predicted molar refractivity (Wildman–Crippen MR) is 63.0 cm³/mol. The van der Waals surface area contributed by atoms with Crippen molar-refractivity contribution in [3.63, 3.8) is 0 Å². The van der Waals surface area contributed by atoms with Crippen molar-refractivity contribution in [3.8, 4) is 11.3 Å². The van der Waals surface area contributed by atoms with E-state index in [0.717, 1.165) is 12.1 Å². The summed E-state index contributed by atoms with van der Waals surface area (Å²) in [5.41, 5.74) is 0.150. The Hall–Kier alpha value is -1.76. The normalized spacial score (nSPS) is 10.4. The van der Waals surface area contributed by atoms with Gasteiger partial charge in [0.25, 0.3) is 0 Å².